The Balaban J connectivity index is 1.97. The molecule has 3 rings (SSSR count). The molecule has 0 amide bonds. The molecule has 0 saturated carbocycles. The highest BCUT2D eigenvalue weighted by Crippen LogP contribution is 2.27. The average molecular weight is 317 g/mol. The third-order valence-corrected chi connectivity index (χ3v) is 3.54. The first-order chi connectivity index (χ1) is 10.9. The molecule has 0 bridgehead atoms. The van der Waals surface area contributed by atoms with E-state index in [1.165, 1.54) is 0 Å². The van der Waals surface area contributed by atoms with Gasteiger partial charge >= 0.3 is 5.82 Å². The lowest BCUT2D eigenvalue weighted by atomic mass is 10.4. The highest BCUT2D eigenvalue weighted by Gasteiger charge is 2.28. The van der Waals surface area contributed by atoms with Crippen molar-refractivity contribution in [3.8, 4) is 11.5 Å². The van der Waals surface area contributed by atoms with Crippen molar-refractivity contribution >= 4 is 5.82 Å². The normalized spacial score (nSPS) is 11.1. The summed E-state index contributed by atoms with van der Waals surface area (Å²) in [6.07, 6.45) is 0. The Labute approximate surface area is 130 Å². The molecule has 0 radical (unpaired) electrons. The third-order valence-electron chi connectivity index (χ3n) is 3.54. The van der Waals surface area contributed by atoms with E-state index >= 15 is 0 Å². The van der Waals surface area contributed by atoms with E-state index in [4.69, 9.17) is 4.52 Å². The Kier molecular flexibility index (Phi) is 3.43. The van der Waals surface area contributed by atoms with Crippen molar-refractivity contribution in [2.24, 2.45) is 7.05 Å². The maximum atomic E-state index is 11.1. The fourth-order valence-electron chi connectivity index (χ4n) is 2.35. The first-order valence-electron chi connectivity index (χ1n) is 6.88. The van der Waals surface area contributed by atoms with Gasteiger partial charge in [-0.15, -0.1) is 0 Å². The van der Waals surface area contributed by atoms with Gasteiger partial charge < -0.3 is 19.2 Å². The van der Waals surface area contributed by atoms with E-state index in [1.54, 1.807) is 23.2 Å². The monoisotopic (exact) mass is 317 g/mol. The highest BCUT2D eigenvalue weighted by atomic mass is 16.6. The number of hydrogen-bond acceptors (Lipinski definition) is 7. The molecule has 0 aliphatic rings. The highest BCUT2D eigenvalue weighted by molar-refractivity contribution is 5.61. The van der Waals surface area contributed by atoms with Crippen LogP contribution in [0.4, 0.5) is 5.82 Å². The quantitative estimate of drug-likeness (QED) is 0.529. The number of imidazole rings is 1. The predicted octanol–water partition coefficient (Wildman–Crippen LogP) is 1.55. The summed E-state index contributed by atoms with van der Waals surface area (Å²) >= 11 is 0. The van der Waals surface area contributed by atoms with E-state index in [-0.39, 0.29) is 17.3 Å². The molecule has 0 aromatic carbocycles. The van der Waals surface area contributed by atoms with Gasteiger partial charge in [0.25, 0.3) is 0 Å². The molecule has 3 heterocycles. The largest absolute Gasteiger partial charge is 0.393 e. The fraction of sp³-hybridized carbons (Fsp3) is 0.385. The fourth-order valence-corrected chi connectivity index (χ4v) is 2.35. The predicted molar refractivity (Wildman–Crippen MR) is 78.7 cm³/mol. The molecule has 120 valence electrons. The van der Waals surface area contributed by atoms with Crippen molar-refractivity contribution in [2.45, 2.75) is 27.3 Å². The number of rotatable bonds is 4. The van der Waals surface area contributed by atoms with Crippen LogP contribution >= 0.6 is 0 Å². The van der Waals surface area contributed by atoms with Crippen LogP contribution < -0.4 is 0 Å². The van der Waals surface area contributed by atoms with Gasteiger partial charge in [0.1, 0.15) is 6.54 Å². The lowest BCUT2D eigenvalue weighted by Crippen LogP contribution is -2.04. The minimum absolute atomic E-state index is 0.135. The molecular weight excluding hydrogens is 302 g/mol. The summed E-state index contributed by atoms with van der Waals surface area (Å²) in [7, 11) is 1.67. The topological polar surface area (TPSA) is 118 Å². The smallest absolute Gasteiger partial charge is 0.358 e. The zero-order valence-electron chi connectivity index (χ0n) is 13.1. The molecule has 0 saturated heterocycles. The van der Waals surface area contributed by atoms with Gasteiger partial charge in [-0.25, -0.2) is 0 Å². The second kappa shape index (κ2) is 5.30. The number of aromatic nitrogens is 6. The van der Waals surface area contributed by atoms with E-state index in [0.717, 1.165) is 11.4 Å². The number of hydrogen-bond donors (Lipinski definition) is 0. The van der Waals surface area contributed by atoms with Gasteiger partial charge in [0, 0.05) is 19.7 Å². The molecule has 3 aromatic heterocycles. The number of aryl methyl sites for hydroxylation is 3. The van der Waals surface area contributed by atoms with Crippen LogP contribution in [0, 0.1) is 30.9 Å². The molecule has 10 nitrogen and oxygen atoms in total. The molecule has 3 aromatic rings. The van der Waals surface area contributed by atoms with Gasteiger partial charge in [0.2, 0.25) is 17.5 Å². The molecule has 0 atom stereocenters. The van der Waals surface area contributed by atoms with E-state index in [0.29, 0.717) is 18.3 Å². The molecular formula is C13H15N7O3. The Hall–Kier alpha value is -3.04. The summed E-state index contributed by atoms with van der Waals surface area (Å²) in [6, 6.07) is 1.94. The van der Waals surface area contributed by atoms with Gasteiger partial charge in [0.05, 0.1) is 5.69 Å². The molecule has 0 unspecified atom stereocenters. The lowest BCUT2D eigenvalue weighted by Gasteiger charge is -1.98. The van der Waals surface area contributed by atoms with E-state index in [1.807, 2.05) is 19.9 Å². The summed E-state index contributed by atoms with van der Waals surface area (Å²) in [4.78, 5) is 18.7. The first kappa shape index (κ1) is 14.9. The standard InChI is InChI=1S/C13H15N7O3/c1-7-5-8(2)19(16-7)6-10-15-12(17-23-10)11-13(20(21)22)14-9(3)18(11)4/h5H,6H2,1-4H3. The zero-order chi connectivity index (χ0) is 16.7. The summed E-state index contributed by atoms with van der Waals surface area (Å²) in [5.74, 6) is 0.663. The second-order valence-electron chi connectivity index (χ2n) is 5.24. The lowest BCUT2D eigenvalue weighted by molar-refractivity contribution is -0.388. The molecule has 0 aliphatic carbocycles. The van der Waals surface area contributed by atoms with Crippen LogP contribution in [-0.2, 0) is 13.6 Å². The van der Waals surface area contributed by atoms with Crippen LogP contribution in [0.25, 0.3) is 11.5 Å². The molecule has 0 spiro atoms. The minimum atomic E-state index is -0.556. The van der Waals surface area contributed by atoms with Crippen LogP contribution in [0.1, 0.15) is 23.1 Å². The minimum Gasteiger partial charge on any atom is -0.358 e. The van der Waals surface area contributed by atoms with Crippen molar-refractivity contribution < 1.29 is 9.45 Å². The van der Waals surface area contributed by atoms with Crippen LogP contribution in [-0.4, -0.2) is 34.4 Å². The summed E-state index contributed by atoms with van der Waals surface area (Å²) in [5, 5.41) is 19.3. The molecule has 23 heavy (non-hydrogen) atoms. The van der Waals surface area contributed by atoms with Crippen molar-refractivity contribution in [2.75, 3.05) is 0 Å². The number of nitrogens with zero attached hydrogens (tertiary/aromatic N) is 7. The maximum absolute atomic E-state index is 11.1. The van der Waals surface area contributed by atoms with Crippen LogP contribution in [0.15, 0.2) is 10.6 Å². The molecule has 10 heteroatoms. The zero-order valence-corrected chi connectivity index (χ0v) is 13.1. The Bertz CT molecular complexity index is 890. The van der Waals surface area contributed by atoms with Crippen LogP contribution in [0.2, 0.25) is 0 Å². The Morgan fingerprint density at radius 1 is 1.30 bits per heavy atom. The second-order valence-corrected chi connectivity index (χ2v) is 5.24. The van der Waals surface area contributed by atoms with Crippen LogP contribution in [0.3, 0.4) is 0 Å². The van der Waals surface area contributed by atoms with Gasteiger partial charge in [-0.2, -0.15) is 10.1 Å². The van der Waals surface area contributed by atoms with Gasteiger partial charge in [-0.05, 0) is 29.8 Å². The molecule has 0 N–H and O–H groups in total. The van der Waals surface area contributed by atoms with E-state index < -0.39 is 4.92 Å². The van der Waals surface area contributed by atoms with Crippen LogP contribution in [0.5, 0.6) is 0 Å². The summed E-state index contributed by atoms with van der Waals surface area (Å²) in [6.45, 7) is 5.79. The molecule has 0 fully saturated rings. The number of nitro groups is 1. The third kappa shape index (κ3) is 2.58. The van der Waals surface area contributed by atoms with E-state index in [9.17, 15) is 10.1 Å². The maximum Gasteiger partial charge on any atom is 0.393 e. The summed E-state index contributed by atoms with van der Waals surface area (Å²) < 4.78 is 8.50. The first-order valence-corrected chi connectivity index (χ1v) is 6.88. The van der Waals surface area contributed by atoms with Crippen molar-refractivity contribution in [3.63, 3.8) is 0 Å². The van der Waals surface area contributed by atoms with Gasteiger partial charge in [-0.3, -0.25) is 4.68 Å². The van der Waals surface area contributed by atoms with Gasteiger partial charge in [-0.1, -0.05) is 5.16 Å². The SMILES string of the molecule is Cc1cc(C)n(Cc2nc(-c3c([N+](=O)[O-])nc(C)n3C)no2)n1. The Morgan fingerprint density at radius 3 is 2.65 bits per heavy atom. The molecule has 0 aliphatic heterocycles. The average Bonchev–Trinajstić information content (AvgIpc) is 3.12. The van der Waals surface area contributed by atoms with E-state index in [2.05, 4.69) is 20.2 Å². The van der Waals surface area contributed by atoms with Crippen molar-refractivity contribution in [1.29, 1.82) is 0 Å². The van der Waals surface area contributed by atoms with Gasteiger partial charge in [0.15, 0.2) is 5.69 Å². The van der Waals surface area contributed by atoms with Crippen molar-refractivity contribution in [3.05, 3.63) is 39.3 Å². The Morgan fingerprint density at radius 2 is 2.04 bits per heavy atom. The summed E-state index contributed by atoms with van der Waals surface area (Å²) in [5.41, 5.74) is 2.07. The van der Waals surface area contributed by atoms with Crippen molar-refractivity contribution in [1.82, 2.24) is 29.5 Å².